The highest BCUT2D eigenvalue weighted by atomic mass is 79.9. The van der Waals surface area contributed by atoms with Crippen molar-refractivity contribution in [3.05, 3.63) is 46.4 Å². The molecular weight excluding hydrogens is 300 g/mol. The van der Waals surface area contributed by atoms with Crippen LogP contribution in [0.15, 0.2) is 46.4 Å². The first kappa shape index (κ1) is 10.7. The van der Waals surface area contributed by atoms with Crippen LogP contribution in [-0.4, -0.2) is 10.2 Å². The normalized spacial score (nSPS) is 10.6. The molecule has 3 aromatic rings. The van der Waals surface area contributed by atoms with Gasteiger partial charge in [-0.1, -0.05) is 35.4 Å². The van der Waals surface area contributed by atoms with Gasteiger partial charge < -0.3 is 4.74 Å². The minimum Gasteiger partial charge on any atom is -0.430 e. The van der Waals surface area contributed by atoms with Crippen LogP contribution in [0.25, 0.3) is 10.8 Å². The van der Waals surface area contributed by atoms with Crippen LogP contribution in [0, 0.1) is 0 Å². The van der Waals surface area contributed by atoms with Gasteiger partial charge in [0.05, 0.1) is 0 Å². The lowest BCUT2D eigenvalue weighted by Gasteiger charge is -2.02. The highest BCUT2D eigenvalue weighted by Crippen LogP contribution is 2.29. The summed E-state index contributed by atoms with van der Waals surface area (Å²) in [6.45, 7) is 0. The third-order valence-corrected chi connectivity index (χ3v) is 3.54. The van der Waals surface area contributed by atoms with Gasteiger partial charge in [-0.05, 0) is 50.2 Å². The van der Waals surface area contributed by atoms with Crippen molar-refractivity contribution < 1.29 is 4.74 Å². The second-order valence-corrected chi connectivity index (χ2v) is 5.65. The van der Waals surface area contributed by atoms with Gasteiger partial charge in [0.15, 0.2) is 3.92 Å². The van der Waals surface area contributed by atoms with Gasteiger partial charge in [0.25, 0.3) is 5.19 Å². The molecule has 0 saturated carbocycles. The van der Waals surface area contributed by atoms with Crippen molar-refractivity contribution in [2.45, 2.75) is 0 Å². The number of nitrogens with zero attached hydrogens (tertiary/aromatic N) is 2. The zero-order chi connectivity index (χ0) is 11.7. The summed E-state index contributed by atoms with van der Waals surface area (Å²) in [4.78, 5) is 0. The van der Waals surface area contributed by atoms with Crippen LogP contribution in [-0.2, 0) is 0 Å². The van der Waals surface area contributed by atoms with Crippen LogP contribution in [0.2, 0.25) is 0 Å². The van der Waals surface area contributed by atoms with E-state index in [0.29, 0.717) is 9.11 Å². The Kier molecular flexibility index (Phi) is 2.78. The topological polar surface area (TPSA) is 35.0 Å². The van der Waals surface area contributed by atoms with Crippen molar-refractivity contribution >= 4 is 38.0 Å². The Balaban J connectivity index is 1.95. The Labute approximate surface area is 110 Å². The maximum absolute atomic E-state index is 5.62. The van der Waals surface area contributed by atoms with Crippen LogP contribution in [0.5, 0.6) is 10.9 Å². The summed E-state index contributed by atoms with van der Waals surface area (Å²) in [7, 11) is 0. The zero-order valence-electron chi connectivity index (χ0n) is 8.63. The molecule has 0 bridgehead atoms. The van der Waals surface area contributed by atoms with Crippen LogP contribution < -0.4 is 4.74 Å². The number of hydrogen-bond donors (Lipinski definition) is 0. The summed E-state index contributed by atoms with van der Waals surface area (Å²) in [5, 5.41) is 10.6. The second-order valence-electron chi connectivity index (χ2n) is 3.43. The van der Waals surface area contributed by atoms with Gasteiger partial charge in [0.2, 0.25) is 0 Å². The van der Waals surface area contributed by atoms with E-state index in [2.05, 4.69) is 38.3 Å². The molecular formula is C12H7BrN2OS. The van der Waals surface area contributed by atoms with Crippen molar-refractivity contribution in [3.63, 3.8) is 0 Å². The minimum atomic E-state index is 0.534. The average Bonchev–Trinajstić information content (AvgIpc) is 2.75. The number of rotatable bonds is 2. The zero-order valence-corrected chi connectivity index (χ0v) is 11.0. The van der Waals surface area contributed by atoms with Crippen molar-refractivity contribution in [2.75, 3.05) is 0 Å². The molecule has 0 N–H and O–H groups in total. The number of halogens is 1. The van der Waals surface area contributed by atoms with Gasteiger partial charge in [-0.25, -0.2) is 0 Å². The summed E-state index contributed by atoms with van der Waals surface area (Å²) in [6, 6.07) is 14.1. The van der Waals surface area contributed by atoms with E-state index >= 15 is 0 Å². The number of hydrogen-bond acceptors (Lipinski definition) is 4. The van der Waals surface area contributed by atoms with E-state index in [0.717, 1.165) is 11.1 Å². The SMILES string of the molecule is Brc1nnc(Oc2ccc3ccccc3c2)s1. The summed E-state index contributed by atoms with van der Waals surface area (Å²) in [6.07, 6.45) is 0. The van der Waals surface area contributed by atoms with Crippen LogP contribution in [0.3, 0.4) is 0 Å². The van der Waals surface area contributed by atoms with Crippen molar-refractivity contribution in [3.8, 4) is 10.9 Å². The first-order valence-corrected chi connectivity index (χ1v) is 6.58. The first-order chi connectivity index (χ1) is 8.31. The third kappa shape index (κ3) is 2.30. The maximum atomic E-state index is 5.62. The van der Waals surface area contributed by atoms with E-state index in [-0.39, 0.29) is 0 Å². The Morgan fingerprint density at radius 1 is 1.00 bits per heavy atom. The van der Waals surface area contributed by atoms with E-state index in [4.69, 9.17) is 4.74 Å². The summed E-state index contributed by atoms with van der Waals surface area (Å²) < 4.78 is 6.34. The summed E-state index contributed by atoms with van der Waals surface area (Å²) in [5.41, 5.74) is 0. The van der Waals surface area contributed by atoms with E-state index in [1.54, 1.807) is 0 Å². The molecule has 84 valence electrons. The number of benzene rings is 2. The number of fused-ring (bicyclic) bond motifs is 1. The minimum absolute atomic E-state index is 0.534. The smallest absolute Gasteiger partial charge is 0.300 e. The van der Waals surface area contributed by atoms with Gasteiger partial charge in [0, 0.05) is 0 Å². The van der Waals surface area contributed by atoms with Crippen LogP contribution in [0.1, 0.15) is 0 Å². The maximum Gasteiger partial charge on any atom is 0.300 e. The van der Waals surface area contributed by atoms with Gasteiger partial charge in [-0.2, -0.15) is 0 Å². The Morgan fingerprint density at radius 3 is 2.59 bits per heavy atom. The highest BCUT2D eigenvalue weighted by Gasteiger charge is 2.04. The van der Waals surface area contributed by atoms with Crippen LogP contribution >= 0.6 is 27.3 Å². The molecule has 1 aromatic heterocycles. The third-order valence-electron chi connectivity index (χ3n) is 2.31. The second kappa shape index (κ2) is 4.43. The molecule has 5 heteroatoms. The van der Waals surface area contributed by atoms with Gasteiger partial charge in [-0.3, -0.25) is 0 Å². The Bertz CT molecular complexity index is 668. The fraction of sp³-hybridized carbons (Fsp3) is 0. The van der Waals surface area contributed by atoms with Gasteiger partial charge in [-0.15, -0.1) is 5.10 Å². The van der Waals surface area contributed by atoms with E-state index in [9.17, 15) is 0 Å². The first-order valence-electron chi connectivity index (χ1n) is 4.97. The molecule has 0 aliphatic carbocycles. The lowest BCUT2D eigenvalue weighted by Crippen LogP contribution is -1.83. The van der Waals surface area contributed by atoms with Crippen molar-refractivity contribution in [1.82, 2.24) is 10.2 Å². The largest absolute Gasteiger partial charge is 0.430 e. The fourth-order valence-electron chi connectivity index (χ4n) is 1.57. The lowest BCUT2D eigenvalue weighted by molar-refractivity contribution is 0.474. The standard InChI is InChI=1S/C12H7BrN2OS/c13-11-14-15-12(17-11)16-10-6-5-8-3-1-2-4-9(8)7-10/h1-7H. The quantitative estimate of drug-likeness (QED) is 0.710. The van der Waals surface area contributed by atoms with Crippen molar-refractivity contribution in [2.24, 2.45) is 0 Å². The summed E-state index contributed by atoms with van der Waals surface area (Å²) in [5.74, 6) is 0.771. The molecule has 0 amide bonds. The monoisotopic (exact) mass is 306 g/mol. The van der Waals surface area contributed by atoms with Gasteiger partial charge >= 0.3 is 0 Å². The van der Waals surface area contributed by atoms with Crippen LogP contribution in [0.4, 0.5) is 0 Å². The molecule has 17 heavy (non-hydrogen) atoms. The Morgan fingerprint density at radius 2 is 1.82 bits per heavy atom. The number of ether oxygens (including phenoxy) is 1. The highest BCUT2D eigenvalue weighted by molar-refractivity contribution is 9.11. The average molecular weight is 307 g/mol. The molecule has 0 aliphatic heterocycles. The molecule has 0 saturated heterocycles. The number of aromatic nitrogens is 2. The Hall–Kier alpha value is -1.46. The summed E-state index contributed by atoms with van der Waals surface area (Å²) >= 11 is 4.61. The predicted molar refractivity (Wildman–Crippen MR) is 71.6 cm³/mol. The molecule has 3 rings (SSSR count). The molecule has 0 radical (unpaired) electrons. The molecule has 3 nitrogen and oxygen atoms in total. The van der Waals surface area contributed by atoms with E-state index in [1.807, 2.05) is 30.3 Å². The lowest BCUT2D eigenvalue weighted by atomic mass is 10.1. The molecule has 0 unspecified atom stereocenters. The fourth-order valence-corrected chi connectivity index (χ4v) is 2.51. The van der Waals surface area contributed by atoms with Crippen molar-refractivity contribution in [1.29, 1.82) is 0 Å². The predicted octanol–water partition coefficient (Wildman–Crippen LogP) is 4.25. The van der Waals surface area contributed by atoms with E-state index in [1.165, 1.54) is 16.7 Å². The molecule has 0 aliphatic rings. The van der Waals surface area contributed by atoms with Gasteiger partial charge in [0.1, 0.15) is 5.75 Å². The molecule has 0 atom stereocenters. The molecule has 2 aromatic carbocycles. The molecule has 1 heterocycles. The molecule has 0 spiro atoms. The molecule has 0 fully saturated rings. The van der Waals surface area contributed by atoms with E-state index < -0.39 is 0 Å².